The van der Waals surface area contributed by atoms with E-state index in [-0.39, 0.29) is 0 Å². The highest BCUT2D eigenvalue weighted by atomic mass is 32.1. The summed E-state index contributed by atoms with van der Waals surface area (Å²) < 4.78 is 0. The monoisotopic (exact) mass is 145 g/mol. The summed E-state index contributed by atoms with van der Waals surface area (Å²) in [5, 5.41) is 3.23. The van der Waals surface area contributed by atoms with Crippen molar-refractivity contribution in [1.82, 2.24) is 10.2 Å². The Morgan fingerprint density at radius 1 is 1.67 bits per heavy atom. The number of aliphatic imine (C=N–C) groups is 1. The summed E-state index contributed by atoms with van der Waals surface area (Å²) in [5.41, 5.74) is 0. The lowest BCUT2D eigenvalue weighted by atomic mass is 10.9. The Hall–Kier alpha value is -0.640. The lowest BCUT2D eigenvalue weighted by Gasteiger charge is -2.01. The van der Waals surface area contributed by atoms with Crippen molar-refractivity contribution in [3.63, 3.8) is 0 Å². The number of rotatable bonds is 1. The van der Waals surface area contributed by atoms with E-state index >= 15 is 0 Å². The van der Waals surface area contributed by atoms with Gasteiger partial charge in [0.15, 0.2) is 5.11 Å². The molecule has 0 radical (unpaired) electrons. The van der Waals surface area contributed by atoms with Crippen LogP contribution in [-0.4, -0.2) is 37.5 Å². The minimum atomic E-state index is 0.503. The number of thiocarbonyl (C=S) groups is 1. The molecule has 0 amide bonds. The number of hydrogen-bond donors (Lipinski definition) is 1. The van der Waals surface area contributed by atoms with Gasteiger partial charge in [0.05, 0.1) is 6.34 Å². The molecule has 3 nitrogen and oxygen atoms in total. The first-order valence-corrected chi connectivity index (χ1v) is 3.00. The normalized spacial score (nSPS) is 9.67. The molecule has 0 atom stereocenters. The largest absolute Gasteiger partial charge is 0.369 e. The van der Waals surface area contributed by atoms with Crippen LogP contribution < -0.4 is 5.32 Å². The predicted octanol–water partition coefficient (Wildman–Crippen LogP) is 0.0806. The molecule has 0 aromatic carbocycles. The highest BCUT2D eigenvalue weighted by molar-refractivity contribution is 7.80. The summed E-state index contributed by atoms with van der Waals surface area (Å²) in [4.78, 5) is 5.69. The third-order valence-electron chi connectivity index (χ3n) is 0.620. The molecule has 1 N–H and O–H groups in total. The van der Waals surface area contributed by atoms with Crippen molar-refractivity contribution in [2.24, 2.45) is 4.99 Å². The van der Waals surface area contributed by atoms with Gasteiger partial charge >= 0.3 is 0 Å². The van der Waals surface area contributed by atoms with Crippen molar-refractivity contribution in [2.45, 2.75) is 0 Å². The Bertz CT molecular complexity index is 119. The Morgan fingerprint density at radius 3 is 2.56 bits per heavy atom. The molecular formula is C5H11N3S. The highest BCUT2D eigenvalue weighted by Gasteiger charge is 1.81. The van der Waals surface area contributed by atoms with E-state index in [0.717, 1.165) is 0 Å². The molecule has 0 saturated heterocycles. The van der Waals surface area contributed by atoms with E-state index in [1.165, 1.54) is 0 Å². The lowest BCUT2D eigenvalue weighted by molar-refractivity contribution is 0.644. The fraction of sp³-hybridized carbons (Fsp3) is 0.600. The van der Waals surface area contributed by atoms with Gasteiger partial charge in [0, 0.05) is 21.1 Å². The summed E-state index contributed by atoms with van der Waals surface area (Å²) in [5.74, 6) is 0. The molecular weight excluding hydrogens is 134 g/mol. The van der Waals surface area contributed by atoms with Gasteiger partial charge in [-0.1, -0.05) is 0 Å². The Morgan fingerprint density at radius 2 is 2.22 bits per heavy atom. The molecule has 9 heavy (non-hydrogen) atoms. The molecule has 0 heterocycles. The van der Waals surface area contributed by atoms with Gasteiger partial charge in [-0.15, -0.1) is 0 Å². The number of nitrogens with zero attached hydrogens (tertiary/aromatic N) is 2. The van der Waals surface area contributed by atoms with Crippen LogP contribution in [0.2, 0.25) is 0 Å². The quantitative estimate of drug-likeness (QED) is 0.322. The van der Waals surface area contributed by atoms with E-state index in [1.807, 2.05) is 19.0 Å². The van der Waals surface area contributed by atoms with Crippen LogP contribution in [0, 0.1) is 0 Å². The molecule has 0 fully saturated rings. The van der Waals surface area contributed by atoms with Crippen molar-refractivity contribution >= 4 is 23.7 Å². The molecule has 0 saturated carbocycles. The van der Waals surface area contributed by atoms with E-state index in [1.54, 1.807) is 13.4 Å². The first-order valence-electron chi connectivity index (χ1n) is 2.59. The maximum absolute atomic E-state index is 4.74. The fourth-order valence-electron chi connectivity index (χ4n) is 0.232. The van der Waals surface area contributed by atoms with Crippen LogP contribution >= 0.6 is 12.2 Å². The van der Waals surface area contributed by atoms with Crippen LogP contribution in [0.5, 0.6) is 0 Å². The second-order valence-corrected chi connectivity index (χ2v) is 2.15. The zero-order valence-corrected chi connectivity index (χ0v) is 6.70. The van der Waals surface area contributed by atoms with Crippen LogP contribution in [-0.2, 0) is 0 Å². The molecule has 0 bridgehead atoms. The molecule has 0 aromatic heterocycles. The van der Waals surface area contributed by atoms with E-state index in [2.05, 4.69) is 10.3 Å². The molecule has 0 aliphatic rings. The van der Waals surface area contributed by atoms with E-state index in [4.69, 9.17) is 12.2 Å². The third-order valence-corrected chi connectivity index (χ3v) is 0.929. The molecule has 52 valence electrons. The SMILES string of the molecule is CNC(=S)/N=C/N(C)C. The first-order chi connectivity index (χ1) is 4.16. The van der Waals surface area contributed by atoms with E-state index in [9.17, 15) is 0 Å². The molecule has 4 heteroatoms. The van der Waals surface area contributed by atoms with Crippen molar-refractivity contribution in [1.29, 1.82) is 0 Å². The van der Waals surface area contributed by atoms with Crippen LogP contribution in [0.15, 0.2) is 4.99 Å². The van der Waals surface area contributed by atoms with E-state index in [0.29, 0.717) is 5.11 Å². The average molecular weight is 145 g/mol. The molecule has 0 aliphatic heterocycles. The number of nitrogens with one attached hydrogen (secondary N) is 1. The Labute approximate surface area is 60.8 Å². The van der Waals surface area contributed by atoms with Gasteiger partial charge in [-0.2, -0.15) is 0 Å². The van der Waals surface area contributed by atoms with Gasteiger partial charge in [0.25, 0.3) is 0 Å². The maximum atomic E-state index is 4.74. The summed E-state index contributed by atoms with van der Waals surface area (Å²) in [6.45, 7) is 0. The topological polar surface area (TPSA) is 27.6 Å². The van der Waals surface area contributed by atoms with Crippen molar-refractivity contribution in [2.75, 3.05) is 21.1 Å². The summed E-state index contributed by atoms with van der Waals surface area (Å²) in [7, 11) is 5.53. The maximum Gasteiger partial charge on any atom is 0.193 e. The van der Waals surface area contributed by atoms with Crippen LogP contribution in [0.25, 0.3) is 0 Å². The minimum Gasteiger partial charge on any atom is -0.369 e. The zero-order valence-electron chi connectivity index (χ0n) is 5.88. The van der Waals surface area contributed by atoms with Gasteiger partial charge in [0.2, 0.25) is 0 Å². The predicted molar refractivity (Wildman–Crippen MR) is 43.8 cm³/mol. The lowest BCUT2D eigenvalue weighted by Crippen LogP contribution is -2.16. The Balaban J connectivity index is 3.57. The summed E-state index contributed by atoms with van der Waals surface area (Å²) in [6.07, 6.45) is 1.65. The van der Waals surface area contributed by atoms with Gasteiger partial charge in [-0.3, -0.25) is 0 Å². The molecule has 0 aromatic rings. The molecule has 0 rings (SSSR count). The third kappa shape index (κ3) is 5.23. The van der Waals surface area contributed by atoms with Crippen LogP contribution in [0.4, 0.5) is 0 Å². The first kappa shape index (κ1) is 8.36. The summed E-state index contributed by atoms with van der Waals surface area (Å²) >= 11 is 4.74. The molecule has 0 spiro atoms. The smallest absolute Gasteiger partial charge is 0.193 e. The minimum absolute atomic E-state index is 0.503. The average Bonchev–Trinajstić information content (AvgIpc) is 1.83. The van der Waals surface area contributed by atoms with Crippen molar-refractivity contribution < 1.29 is 0 Å². The van der Waals surface area contributed by atoms with E-state index < -0.39 is 0 Å². The van der Waals surface area contributed by atoms with Crippen LogP contribution in [0.1, 0.15) is 0 Å². The summed E-state index contributed by atoms with van der Waals surface area (Å²) in [6, 6.07) is 0. The van der Waals surface area contributed by atoms with Gasteiger partial charge in [-0.05, 0) is 12.2 Å². The highest BCUT2D eigenvalue weighted by Crippen LogP contribution is 1.71. The van der Waals surface area contributed by atoms with Gasteiger partial charge in [-0.25, -0.2) is 4.99 Å². The molecule has 0 unspecified atom stereocenters. The second-order valence-electron chi connectivity index (χ2n) is 1.76. The van der Waals surface area contributed by atoms with Crippen LogP contribution in [0.3, 0.4) is 0 Å². The number of hydrogen-bond acceptors (Lipinski definition) is 1. The fourth-order valence-corrected chi connectivity index (χ4v) is 0.280. The molecule has 0 aliphatic carbocycles. The van der Waals surface area contributed by atoms with Gasteiger partial charge < -0.3 is 10.2 Å². The standard InChI is InChI=1S/C5H11N3S/c1-6-5(9)7-4-8(2)3/h4H,1-3H3,(H,6,9)/b7-4+. The van der Waals surface area contributed by atoms with Crippen molar-refractivity contribution in [3.05, 3.63) is 0 Å². The zero-order chi connectivity index (χ0) is 7.28. The van der Waals surface area contributed by atoms with Crippen molar-refractivity contribution in [3.8, 4) is 0 Å². The second kappa shape index (κ2) is 4.26. The Kier molecular flexibility index (Phi) is 3.96. The van der Waals surface area contributed by atoms with Gasteiger partial charge in [0.1, 0.15) is 0 Å².